The first-order valence-electron chi connectivity index (χ1n) is 6.92. The van der Waals surface area contributed by atoms with Crippen LogP contribution in [-0.4, -0.2) is 49.2 Å². The molecule has 3 heterocycles. The SMILES string of the molecule is c1cc2occc2c(NCCCN2CCNCC2)n1. The number of piperazine rings is 1. The molecule has 0 aromatic carbocycles. The lowest BCUT2D eigenvalue weighted by atomic mass is 10.3. The van der Waals surface area contributed by atoms with Crippen LogP contribution in [0, 0.1) is 0 Å². The molecule has 5 nitrogen and oxygen atoms in total. The van der Waals surface area contributed by atoms with Crippen molar-refractivity contribution in [2.24, 2.45) is 0 Å². The number of furan rings is 1. The smallest absolute Gasteiger partial charge is 0.139 e. The molecule has 102 valence electrons. The van der Waals surface area contributed by atoms with Crippen LogP contribution < -0.4 is 10.6 Å². The van der Waals surface area contributed by atoms with E-state index in [0.29, 0.717) is 0 Å². The zero-order valence-corrected chi connectivity index (χ0v) is 11.1. The van der Waals surface area contributed by atoms with Crippen molar-refractivity contribution >= 4 is 16.8 Å². The zero-order valence-electron chi connectivity index (χ0n) is 11.1. The largest absolute Gasteiger partial charge is 0.464 e. The average Bonchev–Trinajstić information content (AvgIpc) is 2.94. The number of nitrogens with zero attached hydrogens (tertiary/aromatic N) is 2. The molecule has 0 aliphatic carbocycles. The van der Waals surface area contributed by atoms with E-state index >= 15 is 0 Å². The van der Waals surface area contributed by atoms with Crippen molar-refractivity contribution in [3.63, 3.8) is 0 Å². The van der Waals surface area contributed by atoms with Crippen LogP contribution in [0.4, 0.5) is 5.82 Å². The second kappa shape index (κ2) is 6.04. The number of anilines is 1. The molecule has 1 aliphatic heterocycles. The van der Waals surface area contributed by atoms with Crippen LogP contribution in [0.15, 0.2) is 29.0 Å². The first-order chi connectivity index (χ1) is 9.43. The number of hydrogen-bond donors (Lipinski definition) is 2. The Morgan fingerprint density at radius 2 is 2.21 bits per heavy atom. The van der Waals surface area contributed by atoms with Crippen molar-refractivity contribution in [3.05, 3.63) is 24.6 Å². The lowest BCUT2D eigenvalue weighted by Gasteiger charge is -2.27. The van der Waals surface area contributed by atoms with E-state index in [1.165, 1.54) is 0 Å². The number of aromatic nitrogens is 1. The third-order valence-electron chi connectivity index (χ3n) is 3.53. The molecule has 0 spiro atoms. The van der Waals surface area contributed by atoms with Crippen molar-refractivity contribution < 1.29 is 4.42 Å². The Kier molecular flexibility index (Phi) is 3.95. The van der Waals surface area contributed by atoms with Gasteiger partial charge in [0.1, 0.15) is 11.4 Å². The molecular weight excluding hydrogens is 240 g/mol. The Morgan fingerprint density at radius 1 is 1.32 bits per heavy atom. The molecule has 2 aromatic rings. The first-order valence-corrected chi connectivity index (χ1v) is 6.92. The van der Waals surface area contributed by atoms with E-state index in [2.05, 4.69) is 20.5 Å². The van der Waals surface area contributed by atoms with Gasteiger partial charge in [-0.15, -0.1) is 0 Å². The molecule has 1 aliphatic rings. The van der Waals surface area contributed by atoms with E-state index in [9.17, 15) is 0 Å². The number of fused-ring (bicyclic) bond motifs is 1. The summed E-state index contributed by atoms with van der Waals surface area (Å²) in [6.45, 7) is 6.65. The van der Waals surface area contributed by atoms with Crippen LogP contribution in [0.25, 0.3) is 11.0 Å². The van der Waals surface area contributed by atoms with Gasteiger partial charge in [-0.3, -0.25) is 0 Å². The monoisotopic (exact) mass is 260 g/mol. The summed E-state index contributed by atoms with van der Waals surface area (Å²) in [4.78, 5) is 6.87. The Labute approximate surface area is 113 Å². The van der Waals surface area contributed by atoms with Gasteiger partial charge >= 0.3 is 0 Å². The molecule has 19 heavy (non-hydrogen) atoms. The van der Waals surface area contributed by atoms with Crippen molar-refractivity contribution in [1.82, 2.24) is 15.2 Å². The quantitative estimate of drug-likeness (QED) is 0.799. The molecule has 1 saturated heterocycles. The standard InChI is InChI=1S/C14H20N4O/c1(8-18-9-6-15-7-10-18)4-16-14-12-3-11-19-13(12)2-5-17-14/h2-3,5,11,15H,1,4,6-10H2,(H,16,17). The number of nitrogens with one attached hydrogen (secondary N) is 2. The maximum atomic E-state index is 5.36. The van der Waals surface area contributed by atoms with Gasteiger partial charge in [-0.25, -0.2) is 4.98 Å². The predicted octanol–water partition coefficient (Wildman–Crippen LogP) is 1.53. The lowest BCUT2D eigenvalue weighted by Crippen LogP contribution is -2.44. The van der Waals surface area contributed by atoms with Crippen molar-refractivity contribution in [2.75, 3.05) is 44.6 Å². The summed E-state index contributed by atoms with van der Waals surface area (Å²) in [5.41, 5.74) is 0.889. The molecule has 5 heteroatoms. The van der Waals surface area contributed by atoms with E-state index in [4.69, 9.17) is 4.42 Å². The molecule has 0 amide bonds. The van der Waals surface area contributed by atoms with Gasteiger partial charge in [0.2, 0.25) is 0 Å². The lowest BCUT2D eigenvalue weighted by molar-refractivity contribution is 0.240. The van der Waals surface area contributed by atoms with Gasteiger partial charge in [-0.2, -0.15) is 0 Å². The number of hydrogen-bond acceptors (Lipinski definition) is 5. The average molecular weight is 260 g/mol. The fraction of sp³-hybridized carbons (Fsp3) is 0.500. The highest BCUT2D eigenvalue weighted by Gasteiger charge is 2.08. The molecule has 0 unspecified atom stereocenters. The Hall–Kier alpha value is -1.59. The minimum Gasteiger partial charge on any atom is -0.464 e. The zero-order chi connectivity index (χ0) is 12.9. The summed E-state index contributed by atoms with van der Waals surface area (Å²) in [6, 6.07) is 3.85. The highest BCUT2D eigenvalue weighted by atomic mass is 16.3. The highest BCUT2D eigenvalue weighted by Crippen LogP contribution is 2.21. The van der Waals surface area contributed by atoms with E-state index in [0.717, 1.165) is 62.5 Å². The van der Waals surface area contributed by atoms with Gasteiger partial charge in [0.25, 0.3) is 0 Å². The Morgan fingerprint density at radius 3 is 3.11 bits per heavy atom. The van der Waals surface area contributed by atoms with Gasteiger partial charge in [0.05, 0.1) is 11.6 Å². The van der Waals surface area contributed by atoms with Crippen molar-refractivity contribution in [1.29, 1.82) is 0 Å². The molecule has 0 radical (unpaired) electrons. The molecule has 0 bridgehead atoms. The first kappa shape index (κ1) is 12.4. The molecule has 1 fully saturated rings. The van der Waals surface area contributed by atoms with Gasteiger partial charge < -0.3 is 20.0 Å². The summed E-state index contributed by atoms with van der Waals surface area (Å²) < 4.78 is 5.36. The molecule has 3 rings (SSSR count). The number of rotatable bonds is 5. The maximum absolute atomic E-state index is 5.36. The van der Waals surface area contributed by atoms with Gasteiger partial charge in [-0.1, -0.05) is 0 Å². The predicted molar refractivity (Wildman–Crippen MR) is 76.4 cm³/mol. The molecule has 2 aromatic heterocycles. The molecule has 0 atom stereocenters. The third kappa shape index (κ3) is 3.05. The summed E-state index contributed by atoms with van der Waals surface area (Å²) >= 11 is 0. The normalized spacial score (nSPS) is 16.8. The molecule has 0 saturated carbocycles. The second-order valence-electron chi connectivity index (χ2n) is 4.86. The molecule has 2 N–H and O–H groups in total. The summed E-state index contributed by atoms with van der Waals surface area (Å²) in [5, 5.41) is 7.83. The van der Waals surface area contributed by atoms with Gasteiger partial charge in [0.15, 0.2) is 0 Å². The van der Waals surface area contributed by atoms with Crippen LogP contribution in [0.5, 0.6) is 0 Å². The Bertz CT molecular complexity index is 519. The second-order valence-corrected chi connectivity index (χ2v) is 4.86. The van der Waals surface area contributed by atoms with E-state index in [1.807, 2.05) is 12.1 Å². The van der Waals surface area contributed by atoms with E-state index in [-0.39, 0.29) is 0 Å². The molecular formula is C14H20N4O. The third-order valence-corrected chi connectivity index (χ3v) is 3.53. The summed E-state index contributed by atoms with van der Waals surface area (Å²) in [5.74, 6) is 0.923. The van der Waals surface area contributed by atoms with Gasteiger partial charge in [0, 0.05) is 38.9 Å². The number of pyridine rings is 1. The Balaban J connectivity index is 1.48. The topological polar surface area (TPSA) is 53.3 Å². The summed E-state index contributed by atoms with van der Waals surface area (Å²) in [7, 11) is 0. The van der Waals surface area contributed by atoms with Crippen LogP contribution in [-0.2, 0) is 0 Å². The minimum absolute atomic E-state index is 0.889. The highest BCUT2D eigenvalue weighted by molar-refractivity contribution is 5.87. The van der Waals surface area contributed by atoms with Crippen molar-refractivity contribution in [3.8, 4) is 0 Å². The van der Waals surface area contributed by atoms with Crippen LogP contribution in [0.1, 0.15) is 6.42 Å². The fourth-order valence-corrected chi connectivity index (χ4v) is 2.48. The maximum Gasteiger partial charge on any atom is 0.139 e. The fourth-order valence-electron chi connectivity index (χ4n) is 2.48. The van der Waals surface area contributed by atoms with Crippen LogP contribution in [0.3, 0.4) is 0 Å². The van der Waals surface area contributed by atoms with Crippen molar-refractivity contribution in [2.45, 2.75) is 6.42 Å². The van der Waals surface area contributed by atoms with E-state index in [1.54, 1.807) is 12.5 Å². The van der Waals surface area contributed by atoms with Crippen LogP contribution >= 0.6 is 0 Å². The van der Waals surface area contributed by atoms with Crippen LogP contribution in [0.2, 0.25) is 0 Å². The minimum atomic E-state index is 0.889. The van der Waals surface area contributed by atoms with Gasteiger partial charge in [-0.05, 0) is 25.1 Å². The summed E-state index contributed by atoms with van der Waals surface area (Å²) in [6.07, 6.45) is 4.62. The van der Waals surface area contributed by atoms with E-state index < -0.39 is 0 Å².